The van der Waals surface area contributed by atoms with Crippen LogP contribution in [0.4, 0.5) is 5.69 Å². The first-order chi connectivity index (χ1) is 10.1. The molecular weight excluding hydrogens is 327 g/mol. The molecule has 110 valence electrons. The van der Waals surface area contributed by atoms with Crippen LogP contribution in [0.3, 0.4) is 0 Å². The SMILES string of the molecule is NC(=Nc1ccc(Cl)cc1)SCCOc1ccccc1Cl. The minimum atomic E-state index is 0.486. The van der Waals surface area contributed by atoms with E-state index in [2.05, 4.69) is 4.99 Å². The Morgan fingerprint density at radius 1 is 1.10 bits per heavy atom. The Labute approximate surface area is 138 Å². The van der Waals surface area contributed by atoms with Crippen molar-refractivity contribution in [3.8, 4) is 5.75 Å². The van der Waals surface area contributed by atoms with E-state index in [0.717, 1.165) is 5.69 Å². The molecule has 0 aliphatic heterocycles. The molecule has 0 aliphatic carbocycles. The van der Waals surface area contributed by atoms with Crippen LogP contribution in [-0.2, 0) is 0 Å². The predicted octanol–water partition coefficient (Wildman–Crippen LogP) is 4.75. The number of rotatable bonds is 5. The Bertz CT molecular complexity index is 617. The fourth-order valence-electron chi connectivity index (χ4n) is 1.53. The van der Waals surface area contributed by atoms with Crippen LogP contribution < -0.4 is 10.5 Å². The van der Waals surface area contributed by atoms with Gasteiger partial charge in [-0.25, -0.2) is 4.99 Å². The van der Waals surface area contributed by atoms with Crippen LogP contribution >= 0.6 is 35.0 Å². The Morgan fingerprint density at radius 3 is 2.52 bits per heavy atom. The first kappa shape index (κ1) is 16.0. The zero-order valence-electron chi connectivity index (χ0n) is 11.1. The topological polar surface area (TPSA) is 47.6 Å². The lowest BCUT2D eigenvalue weighted by Gasteiger charge is -2.07. The van der Waals surface area contributed by atoms with E-state index in [1.807, 2.05) is 30.3 Å². The normalized spacial score (nSPS) is 11.4. The zero-order valence-corrected chi connectivity index (χ0v) is 13.5. The van der Waals surface area contributed by atoms with Crippen molar-refractivity contribution < 1.29 is 4.74 Å². The highest BCUT2D eigenvalue weighted by atomic mass is 35.5. The van der Waals surface area contributed by atoms with Crippen molar-refractivity contribution in [1.82, 2.24) is 0 Å². The van der Waals surface area contributed by atoms with E-state index in [-0.39, 0.29) is 0 Å². The molecule has 2 N–H and O–H groups in total. The van der Waals surface area contributed by atoms with E-state index in [1.54, 1.807) is 18.2 Å². The number of hydrogen-bond acceptors (Lipinski definition) is 3. The summed E-state index contributed by atoms with van der Waals surface area (Å²) >= 11 is 13.2. The maximum absolute atomic E-state index is 5.99. The Balaban J connectivity index is 1.78. The molecule has 0 saturated heterocycles. The predicted molar refractivity (Wildman–Crippen MR) is 92.1 cm³/mol. The summed E-state index contributed by atoms with van der Waals surface area (Å²) in [6.45, 7) is 0.505. The molecule has 2 rings (SSSR count). The van der Waals surface area contributed by atoms with Gasteiger partial charge in [0.05, 0.1) is 17.3 Å². The number of ether oxygens (including phenoxy) is 1. The van der Waals surface area contributed by atoms with Gasteiger partial charge in [-0.15, -0.1) is 0 Å². The number of hydrogen-bond donors (Lipinski definition) is 1. The number of amidine groups is 1. The van der Waals surface area contributed by atoms with E-state index < -0.39 is 0 Å². The van der Waals surface area contributed by atoms with Crippen molar-refractivity contribution in [3.63, 3.8) is 0 Å². The molecule has 0 atom stereocenters. The van der Waals surface area contributed by atoms with Gasteiger partial charge in [0, 0.05) is 10.8 Å². The summed E-state index contributed by atoms with van der Waals surface area (Å²) in [7, 11) is 0. The van der Waals surface area contributed by atoms with Crippen LogP contribution in [0.1, 0.15) is 0 Å². The maximum Gasteiger partial charge on any atom is 0.159 e. The van der Waals surface area contributed by atoms with Gasteiger partial charge in [-0.1, -0.05) is 47.1 Å². The van der Waals surface area contributed by atoms with Crippen molar-refractivity contribution >= 4 is 45.8 Å². The van der Waals surface area contributed by atoms with Crippen molar-refractivity contribution in [1.29, 1.82) is 0 Å². The molecule has 0 aromatic heterocycles. The number of aliphatic imine (C=N–C) groups is 1. The minimum Gasteiger partial charge on any atom is -0.491 e. The van der Waals surface area contributed by atoms with Crippen molar-refractivity contribution in [2.75, 3.05) is 12.4 Å². The quantitative estimate of drug-likeness (QED) is 0.485. The number of halogens is 2. The van der Waals surface area contributed by atoms with Gasteiger partial charge in [-0.2, -0.15) is 0 Å². The van der Waals surface area contributed by atoms with E-state index in [4.69, 9.17) is 33.7 Å². The molecule has 0 bridgehead atoms. The van der Waals surface area contributed by atoms with Gasteiger partial charge >= 0.3 is 0 Å². The fraction of sp³-hybridized carbons (Fsp3) is 0.133. The molecule has 0 spiro atoms. The van der Waals surface area contributed by atoms with Crippen LogP contribution in [0.2, 0.25) is 10.0 Å². The molecule has 2 aromatic carbocycles. The summed E-state index contributed by atoms with van der Waals surface area (Å²) in [4.78, 5) is 4.28. The highest BCUT2D eigenvalue weighted by molar-refractivity contribution is 8.13. The summed E-state index contributed by atoms with van der Waals surface area (Å²) in [5.74, 6) is 1.36. The van der Waals surface area contributed by atoms with Crippen LogP contribution in [0.25, 0.3) is 0 Å². The second kappa shape index (κ2) is 8.17. The number of benzene rings is 2. The summed E-state index contributed by atoms with van der Waals surface area (Å²) in [6.07, 6.45) is 0. The minimum absolute atomic E-state index is 0.486. The van der Waals surface area contributed by atoms with Crippen LogP contribution in [0.5, 0.6) is 5.75 Å². The lowest BCUT2D eigenvalue weighted by atomic mass is 10.3. The zero-order chi connectivity index (χ0) is 15.1. The summed E-state index contributed by atoms with van der Waals surface area (Å²) < 4.78 is 5.57. The third kappa shape index (κ3) is 5.50. The standard InChI is InChI=1S/C15H14Cl2N2OS/c16-11-5-7-12(8-6-11)19-15(18)21-10-9-20-14-4-2-1-3-13(14)17/h1-8H,9-10H2,(H2,18,19). The molecule has 0 radical (unpaired) electrons. The molecule has 0 unspecified atom stereocenters. The second-order valence-corrected chi connectivity index (χ2v) is 6.01. The molecule has 0 saturated carbocycles. The third-order valence-corrected chi connectivity index (χ3v) is 3.82. The van der Waals surface area contributed by atoms with Gasteiger partial charge in [0.1, 0.15) is 5.75 Å². The van der Waals surface area contributed by atoms with Gasteiger partial charge in [0.15, 0.2) is 5.17 Å². The second-order valence-electron chi connectivity index (χ2n) is 4.05. The molecule has 3 nitrogen and oxygen atoms in total. The molecule has 0 heterocycles. The average molecular weight is 341 g/mol. The van der Waals surface area contributed by atoms with Crippen molar-refractivity contribution in [2.24, 2.45) is 10.7 Å². The van der Waals surface area contributed by atoms with Gasteiger partial charge in [0.2, 0.25) is 0 Å². The van der Waals surface area contributed by atoms with Gasteiger partial charge < -0.3 is 10.5 Å². The monoisotopic (exact) mass is 340 g/mol. The van der Waals surface area contributed by atoms with E-state index in [9.17, 15) is 0 Å². The molecule has 0 amide bonds. The summed E-state index contributed by atoms with van der Waals surface area (Å²) in [5, 5.41) is 1.76. The van der Waals surface area contributed by atoms with Crippen molar-refractivity contribution in [3.05, 3.63) is 58.6 Å². The Kier molecular flexibility index (Phi) is 6.23. The lowest BCUT2D eigenvalue weighted by Crippen LogP contribution is -2.10. The fourth-order valence-corrected chi connectivity index (χ4v) is 2.40. The van der Waals surface area contributed by atoms with Gasteiger partial charge in [-0.3, -0.25) is 0 Å². The third-order valence-electron chi connectivity index (χ3n) is 2.49. The van der Waals surface area contributed by atoms with E-state index in [0.29, 0.717) is 33.3 Å². The average Bonchev–Trinajstić information content (AvgIpc) is 2.48. The highest BCUT2D eigenvalue weighted by Crippen LogP contribution is 2.23. The number of nitrogens with zero attached hydrogens (tertiary/aromatic N) is 1. The smallest absolute Gasteiger partial charge is 0.159 e. The number of nitrogens with two attached hydrogens (primary N) is 1. The largest absolute Gasteiger partial charge is 0.491 e. The molecule has 6 heteroatoms. The number of thioether (sulfide) groups is 1. The van der Waals surface area contributed by atoms with Gasteiger partial charge in [-0.05, 0) is 36.4 Å². The Morgan fingerprint density at radius 2 is 1.81 bits per heavy atom. The molecule has 21 heavy (non-hydrogen) atoms. The van der Waals surface area contributed by atoms with Crippen molar-refractivity contribution in [2.45, 2.75) is 0 Å². The first-order valence-corrected chi connectivity index (χ1v) is 7.99. The number of para-hydroxylation sites is 1. The van der Waals surface area contributed by atoms with E-state index in [1.165, 1.54) is 11.8 Å². The highest BCUT2D eigenvalue weighted by Gasteiger charge is 2.00. The van der Waals surface area contributed by atoms with Crippen LogP contribution in [0, 0.1) is 0 Å². The Hall–Kier alpha value is -1.36. The van der Waals surface area contributed by atoms with E-state index >= 15 is 0 Å². The molecule has 2 aromatic rings. The molecule has 0 fully saturated rings. The maximum atomic E-state index is 5.99. The lowest BCUT2D eigenvalue weighted by molar-refractivity contribution is 0.344. The summed E-state index contributed by atoms with van der Waals surface area (Å²) in [5.41, 5.74) is 6.63. The van der Waals surface area contributed by atoms with Crippen LogP contribution in [-0.4, -0.2) is 17.5 Å². The van der Waals surface area contributed by atoms with Crippen LogP contribution in [0.15, 0.2) is 53.5 Å². The first-order valence-electron chi connectivity index (χ1n) is 6.25. The molecule has 0 aliphatic rings. The van der Waals surface area contributed by atoms with Gasteiger partial charge in [0.25, 0.3) is 0 Å². The summed E-state index contributed by atoms with van der Waals surface area (Å²) in [6, 6.07) is 14.5. The molecular formula is C15H14Cl2N2OS.